The molecule has 1 N–H and O–H groups in total. The van der Waals surface area contributed by atoms with E-state index in [0.29, 0.717) is 34.7 Å². The molecule has 7 nitrogen and oxygen atoms in total. The number of nitrogens with zero attached hydrogens (tertiary/aromatic N) is 3. The molecule has 0 bridgehead atoms. The predicted octanol–water partition coefficient (Wildman–Crippen LogP) is 5.24. The summed E-state index contributed by atoms with van der Waals surface area (Å²) in [6.45, 7) is 0. The van der Waals surface area contributed by atoms with E-state index >= 15 is 0 Å². The lowest BCUT2D eigenvalue weighted by Crippen LogP contribution is -2.12. The fourth-order valence-corrected chi connectivity index (χ4v) is 4.18. The highest BCUT2D eigenvalue weighted by molar-refractivity contribution is 7.14. The molecule has 0 aliphatic carbocycles. The van der Waals surface area contributed by atoms with Crippen molar-refractivity contribution < 1.29 is 13.7 Å². The Morgan fingerprint density at radius 1 is 1.10 bits per heavy atom. The Labute approximate surface area is 173 Å². The molecule has 1 amide bonds. The number of hydrogen-bond acceptors (Lipinski definition) is 8. The van der Waals surface area contributed by atoms with Crippen LogP contribution in [0.3, 0.4) is 0 Å². The second-order valence-corrected chi connectivity index (χ2v) is 8.03. The molecule has 9 heteroatoms. The van der Waals surface area contributed by atoms with E-state index in [1.807, 2.05) is 53.2 Å². The Bertz CT molecular complexity index is 1240. The molecule has 0 aliphatic heterocycles. The van der Waals surface area contributed by atoms with Crippen LogP contribution >= 0.6 is 22.7 Å². The first-order chi connectivity index (χ1) is 14.2. The number of amides is 1. The van der Waals surface area contributed by atoms with Crippen molar-refractivity contribution in [1.82, 2.24) is 15.1 Å². The zero-order valence-corrected chi connectivity index (χ0v) is 16.6. The first-order valence-electron chi connectivity index (χ1n) is 8.85. The van der Waals surface area contributed by atoms with E-state index in [1.165, 1.54) is 22.7 Å². The number of hydrogen-bond donors (Lipinski definition) is 1. The van der Waals surface area contributed by atoms with Gasteiger partial charge in [-0.15, -0.1) is 22.7 Å². The van der Waals surface area contributed by atoms with E-state index in [0.717, 1.165) is 15.8 Å². The van der Waals surface area contributed by atoms with Gasteiger partial charge in [-0.1, -0.05) is 29.4 Å². The van der Waals surface area contributed by atoms with Gasteiger partial charge in [0.05, 0.1) is 4.88 Å². The van der Waals surface area contributed by atoms with Gasteiger partial charge in [0.1, 0.15) is 11.3 Å². The van der Waals surface area contributed by atoms with Crippen LogP contribution in [0.15, 0.2) is 62.2 Å². The van der Waals surface area contributed by atoms with E-state index in [4.69, 9.17) is 8.94 Å². The van der Waals surface area contributed by atoms with Gasteiger partial charge < -0.3 is 14.3 Å². The molecule has 4 heterocycles. The summed E-state index contributed by atoms with van der Waals surface area (Å²) in [4.78, 5) is 22.0. The fraction of sp³-hybridized carbons (Fsp3) is 0.100. The average molecular weight is 422 g/mol. The van der Waals surface area contributed by atoms with Crippen molar-refractivity contribution in [3.8, 4) is 22.2 Å². The van der Waals surface area contributed by atoms with Crippen LogP contribution in [-0.4, -0.2) is 21.0 Å². The van der Waals surface area contributed by atoms with Crippen molar-refractivity contribution in [3.05, 3.63) is 59.1 Å². The normalized spacial score (nSPS) is 11.2. The molecular weight excluding hydrogens is 408 g/mol. The Morgan fingerprint density at radius 2 is 2.03 bits per heavy atom. The molecule has 1 aromatic carbocycles. The molecule has 0 saturated carbocycles. The molecule has 0 saturated heterocycles. The summed E-state index contributed by atoms with van der Waals surface area (Å²) in [5, 5.41) is 12.1. The number of fused-ring (bicyclic) bond motifs is 1. The molecule has 144 valence electrons. The van der Waals surface area contributed by atoms with Crippen LogP contribution in [0.1, 0.15) is 12.3 Å². The lowest BCUT2D eigenvalue weighted by atomic mass is 10.2. The van der Waals surface area contributed by atoms with Gasteiger partial charge >= 0.3 is 0 Å². The molecule has 4 aromatic heterocycles. The molecule has 5 rings (SSSR count). The number of rotatable bonds is 6. The van der Waals surface area contributed by atoms with Gasteiger partial charge in [0.25, 0.3) is 0 Å². The average Bonchev–Trinajstić information content (AvgIpc) is 3.52. The summed E-state index contributed by atoms with van der Waals surface area (Å²) in [7, 11) is 0. The topological polar surface area (TPSA) is 94.0 Å². The van der Waals surface area contributed by atoms with Gasteiger partial charge in [-0.2, -0.15) is 4.98 Å². The van der Waals surface area contributed by atoms with Crippen molar-refractivity contribution in [2.45, 2.75) is 12.8 Å². The molecule has 29 heavy (non-hydrogen) atoms. The van der Waals surface area contributed by atoms with Gasteiger partial charge in [0.15, 0.2) is 10.9 Å². The van der Waals surface area contributed by atoms with Gasteiger partial charge in [0.2, 0.25) is 17.6 Å². The number of thiophene rings is 1. The lowest BCUT2D eigenvalue weighted by molar-refractivity contribution is -0.116. The van der Waals surface area contributed by atoms with Crippen LogP contribution in [0.5, 0.6) is 0 Å². The maximum absolute atomic E-state index is 12.3. The third-order valence-corrected chi connectivity index (χ3v) is 5.83. The third kappa shape index (κ3) is 3.82. The van der Waals surface area contributed by atoms with Gasteiger partial charge in [-0.25, -0.2) is 4.98 Å². The molecule has 5 aromatic rings. The number of aromatic nitrogens is 3. The minimum absolute atomic E-state index is 0.161. The Hall–Kier alpha value is -3.30. The fourth-order valence-electron chi connectivity index (χ4n) is 2.82. The Kier molecular flexibility index (Phi) is 4.66. The van der Waals surface area contributed by atoms with Crippen molar-refractivity contribution in [2.75, 3.05) is 5.32 Å². The van der Waals surface area contributed by atoms with E-state index < -0.39 is 0 Å². The maximum Gasteiger partial charge on any atom is 0.227 e. The summed E-state index contributed by atoms with van der Waals surface area (Å²) < 4.78 is 11.0. The van der Waals surface area contributed by atoms with Gasteiger partial charge in [0, 0.05) is 23.6 Å². The first-order valence-corrected chi connectivity index (χ1v) is 10.6. The highest BCUT2D eigenvalue weighted by Crippen LogP contribution is 2.30. The molecule has 0 fully saturated rings. The van der Waals surface area contributed by atoms with Crippen molar-refractivity contribution >= 4 is 44.7 Å². The number of para-hydroxylation sites is 1. The number of anilines is 1. The standard InChI is InChI=1S/C20H14N4O3S2/c25-17(7-8-18-23-19(24-27-18)16-6-3-9-28-16)22-20-21-13(11-29-20)15-10-12-4-1-2-5-14(12)26-15/h1-6,9-11H,7-8H2,(H,21,22,25). The second-order valence-electron chi connectivity index (χ2n) is 6.22. The summed E-state index contributed by atoms with van der Waals surface area (Å²) >= 11 is 2.89. The van der Waals surface area contributed by atoms with Crippen LogP contribution < -0.4 is 5.32 Å². The molecule has 0 unspecified atom stereocenters. The van der Waals surface area contributed by atoms with E-state index in [-0.39, 0.29) is 12.3 Å². The van der Waals surface area contributed by atoms with Crippen molar-refractivity contribution in [3.63, 3.8) is 0 Å². The molecule has 0 spiro atoms. The summed E-state index contributed by atoms with van der Waals surface area (Å²) in [6, 6.07) is 13.6. The molecule has 0 atom stereocenters. The maximum atomic E-state index is 12.3. The highest BCUT2D eigenvalue weighted by Gasteiger charge is 2.14. The minimum Gasteiger partial charge on any atom is -0.454 e. The van der Waals surface area contributed by atoms with E-state index in [1.54, 1.807) is 0 Å². The zero-order chi connectivity index (χ0) is 19.6. The number of thiazole rings is 1. The van der Waals surface area contributed by atoms with Crippen molar-refractivity contribution in [1.29, 1.82) is 0 Å². The Morgan fingerprint density at radius 3 is 2.90 bits per heavy atom. The van der Waals surface area contributed by atoms with Gasteiger partial charge in [-0.05, 0) is 23.6 Å². The van der Waals surface area contributed by atoms with E-state index in [2.05, 4.69) is 20.4 Å². The van der Waals surface area contributed by atoms with Crippen LogP contribution in [0.25, 0.3) is 33.1 Å². The van der Waals surface area contributed by atoms with Crippen LogP contribution in [0, 0.1) is 0 Å². The zero-order valence-electron chi connectivity index (χ0n) is 15.0. The van der Waals surface area contributed by atoms with E-state index in [9.17, 15) is 4.79 Å². The number of carbonyl (C=O) groups excluding carboxylic acids is 1. The number of furan rings is 1. The number of benzene rings is 1. The first kappa shape index (κ1) is 17.8. The van der Waals surface area contributed by atoms with Gasteiger partial charge in [-0.3, -0.25) is 4.79 Å². The minimum atomic E-state index is -0.161. The van der Waals surface area contributed by atoms with Crippen LogP contribution in [-0.2, 0) is 11.2 Å². The molecule has 0 radical (unpaired) electrons. The summed E-state index contributed by atoms with van der Waals surface area (Å²) in [5.41, 5.74) is 1.50. The SMILES string of the molecule is O=C(CCc1nc(-c2cccs2)no1)Nc1nc(-c2cc3ccccc3o2)cs1. The largest absolute Gasteiger partial charge is 0.454 e. The molecular formula is C20H14N4O3S2. The quantitative estimate of drug-likeness (QED) is 0.402. The smallest absolute Gasteiger partial charge is 0.227 e. The number of aryl methyl sites for hydroxylation is 1. The highest BCUT2D eigenvalue weighted by atomic mass is 32.1. The summed E-state index contributed by atoms with van der Waals surface area (Å²) in [5.74, 6) is 1.50. The van der Waals surface area contributed by atoms with Crippen LogP contribution in [0.2, 0.25) is 0 Å². The van der Waals surface area contributed by atoms with Crippen molar-refractivity contribution in [2.24, 2.45) is 0 Å². The summed E-state index contributed by atoms with van der Waals surface area (Å²) in [6.07, 6.45) is 0.595. The van der Waals surface area contributed by atoms with Crippen LogP contribution in [0.4, 0.5) is 5.13 Å². The monoisotopic (exact) mass is 422 g/mol. The second kappa shape index (κ2) is 7.61. The Balaban J connectivity index is 1.20. The lowest BCUT2D eigenvalue weighted by Gasteiger charge is -1.99. The third-order valence-electron chi connectivity index (χ3n) is 4.20. The number of nitrogens with one attached hydrogen (secondary N) is 1. The number of carbonyl (C=O) groups is 1. The molecule has 0 aliphatic rings. The predicted molar refractivity (Wildman–Crippen MR) is 112 cm³/mol.